The number of aromatic nitrogens is 3. The van der Waals surface area contributed by atoms with Crippen LogP contribution in [0.5, 0.6) is 5.88 Å². The molecule has 0 saturated carbocycles. The van der Waals surface area contributed by atoms with E-state index in [1.807, 2.05) is 0 Å². The number of nitrogen functional groups attached to an aromatic ring is 1. The molecule has 1 fully saturated rings. The van der Waals surface area contributed by atoms with Crippen molar-refractivity contribution in [3.63, 3.8) is 0 Å². The third-order valence-electron chi connectivity index (χ3n) is 4.69. The molecule has 0 unspecified atom stereocenters. The SMILES string of the molecule is CON=C(C(=O)N[C@@H]1C(=O)N2C(C(=O)O)=C(CSc3nccc(O)n3)CS[C@@H]12)c1csc(N)n1. The van der Waals surface area contributed by atoms with Crippen LogP contribution in [0.2, 0.25) is 0 Å². The van der Waals surface area contributed by atoms with Crippen molar-refractivity contribution in [2.24, 2.45) is 5.16 Å². The molecule has 0 aromatic carbocycles. The number of aromatic hydroxyl groups is 1. The zero-order valence-corrected chi connectivity index (χ0v) is 19.8. The summed E-state index contributed by atoms with van der Waals surface area (Å²) in [6.07, 6.45) is 1.39. The van der Waals surface area contributed by atoms with Crippen LogP contribution in [0.25, 0.3) is 0 Å². The van der Waals surface area contributed by atoms with E-state index >= 15 is 0 Å². The number of nitrogens with two attached hydrogens (primary N) is 1. The number of hydrogen-bond acceptors (Lipinski definition) is 13. The maximum Gasteiger partial charge on any atom is 0.352 e. The highest BCUT2D eigenvalue weighted by Gasteiger charge is 2.54. The molecule has 2 aromatic heterocycles. The van der Waals surface area contributed by atoms with Gasteiger partial charge >= 0.3 is 5.97 Å². The number of carbonyl (C=O) groups is 3. The maximum absolute atomic E-state index is 12.9. The molecule has 2 amide bonds. The van der Waals surface area contributed by atoms with Crippen LogP contribution in [0.4, 0.5) is 5.13 Å². The van der Waals surface area contributed by atoms with Crippen LogP contribution >= 0.6 is 34.9 Å². The lowest BCUT2D eigenvalue weighted by Crippen LogP contribution is -2.71. The molecule has 0 bridgehead atoms. The number of rotatable bonds is 8. The summed E-state index contributed by atoms with van der Waals surface area (Å²) in [6, 6.07) is 0.375. The predicted molar refractivity (Wildman–Crippen MR) is 124 cm³/mol. The second-order valence-electron chi connectivity index (χ2n) is 6.80. The van der Waals surface area contributed by atoms with E-state index in [0.717, 1.165) is 28.0 Å². The van der Waals surface area contributed by atoms with Crippen molar-refractivity contribution in [2.75, 3.05) is 24.3 Å². The van der Waals surface area contributed by atoms with E-state index in [1.54, 1.807) is 0 Å². The van der Waals surface area contributed by atoms with E-state index in [1.165, 1.54) is 36.5 Å². The number of amides is 2. The number of fused-ring (bicyclic) bond motifs is 1. The van der Waals surface area contributed by atoms with E-state index in [4.69, 9.17) is 10.6 Å². The van der Waals surface area contributed by atoms with Crippen LogP contribution < -0.4 is 11.1 Å². The van der Waals surface area contributed by atoms with Crippen molar-refractivity contribution in [3.8, 4) is 5.88 Å². The van der Waals surface area contributed by atoms with Gasteiger partial charge in [0.05, 0.1) is 0 Å². The van der Waals surface area contributed by atoms with Crippen LogP contribution in [0.1, 0.15) is 5.69 Å². The first kappa shape index (κ1) is 23.8. The van der Waals surface area contributed by atoms with E-state index in [0.29, 0.717) is 11.3 Å². The van der Waals surface area contributed by atoms with Gasteiger partial charge < -0.3 is 26.1 Å². The number of hydrogen-bond donors (Lipinski definition) is 4. The molecule has 0 spiro atoms. The lowest BCUT2D eigenvalue weighted by atomic mass is 10.0. The molecule has 34 heavy (non-hydrogen) atoms. The predicted octanol–water partition coefficient (Wildman–Crippen LogP) is 0.102. The molecule has 0 radical (unpaired) electrons. The lowest BCUT2D eigenvalue weighted by molar-refractivity contribution is -0.150. The quantitative estimate of drug-likeness (QED) is 0.120. The Hall–Kier alpha value is -3.37. The molecular formula is C18H17N7O6S3. The monoisotopic (exact) mass is 523 g/mol. The molecule has 2 aromatic rings. The number of anilines is 1. The topological polar surface area (TPSA) is 193 Å². The molecule has 2 atom stereocenters. The highest BCUT2D eigenvalue weighted by atomic mass is 32.2. The number of nitrogens with zero attached hydrogens (tertiary/aromatic N) is 5. The van der Waals surface area contributed by atoms with Gasteiger partial charge in [-0.3, -0.25) is 14.5 Å². The van der Waals surface area contributed by atoms with Crippen molar-refractivity contribution in [1.82, 2.24) is 25.2 Å². The fourth-order valence-electron chi connectivity index (χ4n) is 3.25. The molecule has 4 heterocycles. The van der Waals surface area contributed by atoms with E-state index in [-0.39, 0.29) is 39.0 Å². The molecule has 1 saturated heterocycles. The summed E-state index contributed by atoms with van der Waals surface area (Å²) in [7, 11) is 1.27. The number of carboxylic acid groups (broad SMARTS) is 1. The van der Waals surface area contributed by atoms with Crippen molar-refractivity contribution in [3.05, 3.63) is 34.6 Å². The minimum Gasteiger partial charge on any atom is -0.493 e. The minimum absolute atomic E-state index is 0.134. The Balaban J connectivity index is 1.49. The molecule has 0 aliphatic carbocycles. The number of β-lactam (4-membered cyclic amide) rings is 1. The van der Waals surface area contributed by atoms with Gasteiger partial charge in [-0.25, -0.2) is 14.8 Å². The number of thioether (sulfide) groups is 2. The van der Waals surface area contributed by atoms with Crippen LogP contribution in [-0.4, -0.2) is 83.6 Å². The summed E-state index contributed by atoms with van der Waals surface area (Å²) < 4.78 is 0. The van der Waals surface area contributed by atoms with Gasteiger partial charge in [-0.15, -0.1) is 23.1 Å². The Morgan fingerprint density at radius 2 is 2.24 bits per heavy atom. The average molecular weight is 524 g/mol. The molecule has 2 aliphatic heterocycles. The zero-order chi connectivity index (χ0) is 24.4. The van der Waals surface area contributed by atoms with E-state index in [2.05, 4.69) is 25.4 Å². The molecule has 4 rings (SSSR count). The van der Waals surface area contributed by atoms with Gasteiger partial charge in [-0.1, -0.05) is 16.9 Å². The smallest absolute Gasteiger partial charge is 0.352 e. The third-order valence-corrected chi connectivity index (χ3v) is 7.65. The highest BCUT2D eigenvalue weighted by Crippen LogP contribution is 2.41. The third kappa shape index (κ3) is 4.64. The largest absolute Gasteiger partial charge is 0.493 e. The first-order valence-electron chi connectivity index (χ1n) is 9.48. The standard InChI is InChI=1S/C18H17N7O6S3/c1-31-24-10(8-6-33-17(19)21-8)13(27)23-11-14(28)25-12(16(29)30)7(4-32-15(11)25)5-34-18-20-3-2-9(26)22-18/h2-3,6,11,15H,4-5H2,1H3,(H2,19,21)(H,23,27)(H,29,30)(H,20,22,26)/t11-,15+/m1/s1. The van der Waals surface area contributed by atoms with Crippen LogP contribution in [0.3, 0.4) is 0 Å². The normalized spacial score (nSPS) is 20.0. The molecule has 178 valence electrons. The number of oxime groups is 1. The van der Waals surface area contributed by atoms with E-state index in [9.17, 15) is 24.6 Å². The van der Waals surface area contributed by atoms with Gasteiger partial charge in [0.1, 0.15) is 29.9 Å². The number of carboxylic acids is 1. The molecule has 13 nitrogen and oxygen atoms in total. The minimum atomic E-state index is -1.25. The van der Waals surface area contributed by atoms with Crippen LogP contribution in [-0.2, 0) is 19.2 Å². The summed E-state index contributed by atoms with van der Waals surface area (Å²) in [4.78, 5) is 55.4. The first-order valence-corrected chi connectivity index (χ1v) is 12.4. The Morgan fingerprint density at radius 3 is 2.88 bits per heavy atom. The maximum atomic E-state index is 12.9. The van der Waals surface area contributed by atoms with Gasteiger partial charge in [0, 0.05) is 29.1 Å². The summed E-state index contributed by atoms with van der Waals surface area (Å²) in [5, 5.41) is 27.0. The second-order valence-corrected chi connectivity index (χ2v) is 9.73. The molecule has 2 aliphatic rings. The van der Waals surface area contributed by atoms with Crippen molar-refractivity contribution in [2.45, 2.75) is 16.6 Å². The average Bonchev–Trinajstić information content (AvgIpc) is 3.24. The van der Waals surface area contributed by atoms with Crippen molar-refractivity contribution in [1.29, 1.82) is 0 Å². The van der Waals surface area contributed by atoms with Crippen LogP contribution in [0.15, 0.2) is 39.2 Å². The summed E-state index contributed by atoms with van der Waals surface area (Å²) in [5.41, 5.74) is 6.03. The van der Waals surface area contributed by atoms with Gasteiger partial charge in [0.15, 0.2) is 16.0 Å². The molecular weight excluding hydrogens is 506 g/mol. The van der Waals surface area contributed by atoms with Crippen LogP contribution in [0, 0.1) is 0 Å². The Labute approximate surface area is 204 Å². The highest BCUT2D eigenvalue weighted by molar-refractivity contribution is 8.01. The zero-order valence-electron chi connectivity index (χ0n) is 17.4. The van der Waals surface area contributed by atoms with E-state index < -0.39 is 29.2 Å². The van der Waals surface area contributed by atoms with Gasteiger partial charge in [-0.05, 0) is 5.57 Å². The fraction of sp³-hybridized carbons (Fsp3) is 0.278. The Kier molecular flexibility index (Phi) is 6.90. The number of thiazole rings is 1. The fourth-order valence-corrected chi connectivity index (χ4v) is 6.11. The molecule has 16 heteroatoms. The first-order chi connectivity index (χ1) is 16.3. The summed E-state index contributed by atoms with van der Waals surface area (Å²) in [6.45, 7) is 0. The molecule has 5 N–H and O–H groups in total. The Morgan fingerprint density at radius 1 is 1.44 bits per heavy atom. The number of carbonyl (C=O) groups excluding carboxylic acids is 2. The number of aliphatic carboxylic acids is 1. The van der Waals surface area contributed by atoms with Gasteiger partial charge in [0.2, 0.25) is 5.88 Å². The Bertz CT molecular complexity index is 1220. The summed E-state index contributed by atoms with van der Waals surface area (Å²) in [5.74, 6) is -2.19. The number of nitrogens with one attached hydrogen (secondary N) is 1. The van der Waals surface area contributed by atoms with Gasteiger partial charge in [-0.2, -0.15) is 4.98 Å². The lowest BCUT2D eigenvalue weighted by Gasteiger charge is -2.49. The summed E-state index contributed by atoms with van der Waals surface area (Å²) >= 11 is 3.58. The second kappa shape index (κ2) is 9.86. The van der Waals surface area contributed by atoms with Crippen molar-refractivity contribution < 1.29 is 29.4 Å². The van der Waals surface area contributed by atoms with Gasteiger partial charge in [0.25, 0.3) is 11.8 Å². The van der Waals surface area contributed by atoms with Crippen molar-refractivity contribution >= 4 is 63.5 Å².